The summed E-state index contributed by atoms with van der Waals surface area (Å²) in [6.07, 6.45) is 0.0549. The SMILES string of the molecule is Cc1c(S)cc(N2CCNCC2)cc1CC(=O)O. The topological polar surface area (TPSA) is 52.6 Å². The molecule has 1 aromatic carbocycles. The van der Waals surface area contributed by atoms with Gasteiger partial charge in [-0.15, -0.1) is 12.6 Å². The lowest BCUT2D eigenvalue weighted by molar-refractivity contribution is -0.136. The molecular weight excluding hydrogens is 248 g/mol. The highest BCUT2D eigenvalue weighted by Crippen LogP contribution is 2.26. The number of carbonyl (C=O) groups is 1. The van der Waals surface area contributed by atoms with E-state index in [-0.39, 0.29) is 6.42 Å². The van der Waals surface area contributed by atoms with Crippen LogP contribution in [0, 0.1) is 6.92 Å². The number of rotatable bonds is 3. The Morgan fingerprint density at radius 1 is 1.44 bits per heavy atom. The fourth-order valence-electron chi connectivity index (χ4n) is 2.19. The zero-order chi connectivity index (χ0) is 13.1. The molecule has 5 heteroatoms. The maximum Gasteiger partial charge on any atom is 0.307 e. The van der Waals surface area contributed by atoms with Crippen LogP contribution in [0.5, 0.6) is 0 Å². The third-order valence-electron chi connectivity index (χ3n) is 3.30. The third kappa shape index (κ3) is 2.97. The van der Waals surface area contributed by atoms with Gasteiger partial charge in [0, 0.05) is 36.8 Å². The Balaban J connectivity index is 2.30. The molecule has 18 heavy (non-hydrogen) atoms. The minimum atomic E-state index is -0.803. The number of benzene rings is 1. The second kappa shape index (κ2) is 5.63. The maximum absolute atomic E-state index is 10.9. The van der Waals surface area contributed by atoms with Crippen LogP contribution in [0.2, 0.25) is 0 Å². The van der Waals surface area contributed by atoms with Crippen LogP contribution in [0.4, 0.5) is 5.69 Å². The Morgan fingerprint density at radius 2 is 2.11 bits per heavy atom. The predicted molar refractivity (Wildman–Crippen MR) is 74.9 cm³/mol. The van der Waals surface area contributed by atoms with Crippen LogP contribution in [0.15, 0.2) is 17.0 Å². The van der Waals surface area contributed by atoms with Gasteiger partial charge in [0.2, 0.25) is 0 Å². The number of carboxylic acids is 1. The maximum atomic E-state index is 10.9. The lowest BCUT2D eigenvalue weighted by atomic mass is 10.0. The molecule has 0 unspecified atom stereocenters. The quantitative estimate of drug-likeness (QED) is 0.722. The molecular formula is C13H18N2O2S. The summed E-state index contributed by atoms with van der Waals surface area (Å²) in [5.41, 5.74) is 2.88. The lowest BCUT2D eigenvalue weighted by Crippen LogP contribution is -2.43. The number of piperazine rings is 1. The summed E-state index contributed by atoms with van der Waals surface area (Å²) in [5, 5.41) is 12.2. The van der Waals surface area contributed by atoms with Crippen LogP contribution in [0.3, 0.4) is 0 Å². The van der Waals surface area contributed by atoms with Gasteiger partial charge >= 0.3 is 5.97 Å². The Bertz CT molecular complexity index is 457. The Labute approximate surface area is 112 Å². The first-order chi connectivity index (χ1) is 8.58. The Kier molecular flexibility index (Phi) is 4.14. The van der Waals surface area contributed by atoms with Gasteiger partial charge in [-0.25, -0.2) is 0 Å². The first kappa shape index (κ1) is 13.2. The van der Waals surface area contributed by atoms with E-state index in [9.17, 15) is 4.79 Å². The molecule has 2 N–H and O–H groups in total. The first-order valence-electron chi connectivity index (χ1n) is 6.08. The van der Waals surface area contributed by atoms with Crippen molar-refractivity contribution in [3.8, 4) is 0 Å². The van der Waals surface area contributed by atoms with E-state index in [4.69, 9.17) is 5.11 Å². The normalized spacial score (nSPS) is 15.8. The number of anilines is 1. The van der Waals surface area contributed by atoms with E-state index in [1.807, 2.05) is 19.1 Å². The highest BCUT2D eigenvalue weighted by molar-refractivity contribution is 7.80. The molecule has 1 fully saturated rings. The van der Waals surface area contributed by atoms with Gasteiger partial charge in [0.15, 0.2) is 0 Å². The average Bonchev–Trinajstić information content (AvgIpc) is 2.35. The summed E-state index contributed by atoms with van der Waals surface area (Å²) in [6.45, 7) is 5.74. The molecule has 0 bridgehead atoms. The van der Waals surface area contributed by atoms with E-state index in [0.29, 0.717) is 0 Å². The van der Waals surface area contributed by atoms with Crippen molar-refractivity contribution in [2.24, 2.45) is 0 Å². The molecule has 1 aromatic rings. The molecule has 0 aliphatic carbocycles. The summed E-state index contributed by atoms with van der Waals surface area (Å²) >= 11 is 4.44. The molecule has 1 heterocycles. The number of carboxylic acid groups (broad SMARTS) is 1. The van der Waals surface area contributed by atoms with Gasteiger partial charge in [-0.1, -0.05) is 0 Å². The molecule has 98 valence electrons. The molecule has 1 saturated heterocycles. The number of aliphatic carboxylic acids is 1. The molecule has 4 nitrogen and oxygen atoms in total. The molecule has 0 amide bonds. The minimum Gasteiger partial charge on any atom is -0.481 e. The standard InChI is InChI=1S/C13H18N2O2S/c1-9-10(7-13(16)17)6-11(8-12(9)18)15-4-2-14-3-5-15/h6,8,14,18H,2-5,7H2,1H3,(H,16,17). The summed E-state index contributed by atoms with van der Waals surface area (Å²) in [5.74, 6) is -0.803. The third-order valence-corrected chi connectivity index (χ3v) is 3.76. The second-order valence-corrected chi connectivity index (χ2v) is 5.04. The molecule has 0 radical (unpaired) electrons. The van der Waals surface area contributed by atoms with Gasteiger partial charge in [0.1, 0.15) is 0 Å². The predicted octanol–water partition coefficient (Wildman–Crippen LogP) is 1.32. The number of hydrogen-bond donors (Lipinski definition) is 3. The van der Waals surface area contributed by atoms with Crippen LogP contribution in [0.1, 0.15) is 11.1 Å². The Morgan fingerprint density at radius 3 is 2.72 bits per heavy atom. The minimum absolute atomic E-state index is 0.0549. The fourth-order valence-corrected chi connectivity index (χ4v) is 2.47. The molecule has 0 saturated carbocycles. The summed E-state index contributed by atoms with van der Waals surface area (Å²) in [7, 11) is 0. The van der Waals surface area contributed by atoms with Crippen molar-refractivity contribution in [3.05, 3.63) is 23.3 Å². The van der Waals surface area contributed by atoms with Crippen LogP contribution in [0.25, 0.3) is 0 Å². The molecule has 0 aromatic heterocycles. The van der Waals surface area contributed by atoms with Crippen molar-refractivity contribution in [1.82, 2.24) is 5.32 Å². The summed E-state index contributed by atoms with van der Waals surface area (Å²) in [6, 6.07) is 4.00. The van der Waals surface area contributed by atoms with Crippen molar-refractivity contribution in [1.29, 1.82) is 0 Å². The van der Waals surface area contributed by atoms with Gasteiger partial charge in [-0.3, -0.25) is 4.79 Å². The van der Waals surface area contributed by atoms with Gasteiger partial charge < -0.3 is 15.3 Å². The van der Waals surface area contributed by atoms with E-state index in [2.05, 4.69) is 22.8 Å². The van der Waals surface area contributed by atoms with Gasteiger partial charge in [0.05, 0.1) is 6.42 Å². The van der Waals surface area contributed by atoms with Crippen molar-refractivity contribution < 1.29 is 9.90 Å². The number of thiol groups is 1. The van der Waals surface area contributed by atoms with Gasteiger partial charge in [0.25, 0.3) is 0 Å². The van der Waals surface area contributed by atoms with Crippen LogP contribution in [-0.2, 0) is 11.2 Å². The zero-order valence-corrected chi connectivity index (χ0v) is 11.3. The van der Waals surface area contributed by atoms with Crippen molar-refractivity contribution >= 4 is 24.3 Å². The molecule has 1 aliphatic rings. The van der Waals surface area contributed by atoms with Gasteiger partial charge in [-0.05, 0) is 30.2 Å². The van der Waals surface area contributed by atoms with E-state index in [1.165, 1.54) is 0 Å². The molecule has 1 aliphatic heterocycles. The number of hydrogen-bond acceptors (Lipinski definition) is 4. The van der Waals surface area contributed by atoms with Crippen LogP contribution >= 0.6 is 12.6 Å². The van der Waals surface area contributed by atoms with Crippen LogP contribution in [-0.4, -0.2) is 37.3 Å². The van der Waals surface area contributed by atoms with E-state index >= 15 is 0 Å². The number of nitrogens with zero attached hydrogens (tertiary/aromatic N) is 1. The lowest BCUT2D eigenvalue weighted by Gasteiger charge is -2.30. The van der Waals surface area contributed by atoms with Gasteiger partial charge in [-0.2, -0.15) is 0 Å². The Hall–Kier alpha value is -1.20. The zero-order valence-electron chi connectivity index (χ0n) is 10.4. The highest BCUT2D eigenvalue weighted by atomic mass is 32.1. The van der Waals surface area contributed by atoms with E-state index in [0.717, 1.165) is 47.9 Å². The van der Waals surface area contributed by atoms with E-state index in [1.54, 1.807) is 0 Å². The average molecular weight is 266 g/mol. The summed E-state index contributed by atoms with van der Waals surface area (Å²) in [4.78, 5) is 14.0. The van der Waals surface area contributed by atoms with Crippen molar-refractivity contribution in [2.45, 2.75) is 18.2 Å². The van der Waals surface area contributed by atoms with Crippen molar-refractivity contribution in [3.63, 3.8) is 0 Å². The summed E-state index contributed by atoms with van der Waals surface area (Å²) < 4.78 is 0. The van der Waals surface area contributed by atoms with Crippen molar-refractivity contribution in [2.75, 3.05) is 31.1 Å². The fraction of sp³-hybridized carbons (Fsp3) is 0.462. The van der Waals surface area contributed by atoms with Crippen LogP contribution < -0.4 is 10.2 Å². The largest absolute Gasteiger partial charge is 0.481 e. The molecule has 0 spiro atoms. The molecule has 0 atom stereocenters. The highest BCUT2D eigenvalue weighted by Gasteiger charge is 2.14. The first-order valence-corrected chi connectivity index (χ1v) is 6.52. The molecule has 2 rings (SSSR count). The monoisotopic (exact) mass is 266 g/mol. The second-order valence-electron chi connectivity index (χ2n) is 4.56. The smallest absolute Gasteiger partial charge is 0.307 e. The van der Waals surface area contributed by atoms with E-state index < -0.39 is 5.97 Å². The number of nitrogens with one attached hydrogen (secondary N) is 1.